The molecule has 0 saturated heterocycles. The number of aliphatic hydroxyl groups excluding tert-OH is 1. The first-order valence-electron chi connectivity index (χ1n) is 4.24. The molecule has 4 N–H and O–H groups in total. The molecule has 1 aromatic rings. The summed E-state index contributed by atoms with van der Waals surface area (Å²) in [5.74, 6) is 3.63. The summed E-state index contributed by atoms with van der Waals surface area (Å²) in [6.07, 6.45) is 0. The van der Waals surface area contributed by atoms with Crippen molar-refractivity contribution in [2.45, 2.75) is 0 Å². The molecule has 0 aromatic heterocycles. The maximum Gasteiger partial charge on any atom is 0.303 e. The molecule has 15 heavy (non-hydrogen) atoms. The first-order valence-corrected chi connectivity index (χ1v) is 4.24. The molecule has 0 atom stereocenters. The van der Waals surface area contributed by atoms with Gasteiger partial charge in [0.2, 0.25) is 5.76 Å². The first-order chi connectivity index (χ1) is 7.20. The van der Waals surface area contributed by atoms with Gasteiger partial charge in [-0.1, -0.05) is 30.3 Å². The Labute approximate surface area is 87.1 Å². The highest BCUT2D eigenvalue weighted by atomic mass is 16.5. The van der Waals surface area contributed by atoms with Crippen molar-refractivity contribution in [1.82, 2.24) is 5.43 Å². The van der Waals surface area contributed by atoms with Crippen LogP contribution in [0.25, 0.3) is 5.76 Å². The SMILES string of the molecule is COC(=C(O)C(=O)NN)c1ccccc1. The van der Waals surface area contributed by atoms with E-state index in [1.165, 1.54) is 7.11 Å². The fourth-order valence-electron chi connectivity index (χ4n) is 1.11. The van der Waals surface area contributed by atoms with Crippen LogP contribution in [0.2, 0.25) is 0 Å². The number of ether oxygens (including phenoxy) is 1. The number of nitrogens with one attached hydrogen (secondary N) is 1. The van der Waals surface area contributed by atoms with E-state index in [-0.39, 0.29) is 5.76 Å². The third-order valence-corrected chi connectivity index (χ3v) is 1.80. The minimum absolute atomic E-state index is 0.0820. The van der Waals surface area contributed by atoms with E-state index in [1.807, 2.05) is 11.5 Å². The molecule has 1 aromatic carbocycles. The van der Waals surface area contributed by atoms with Gasteiger partial charge in [0.15, 0.2) is 5.76 Å². The molecule has 0 unspecified atom stereocenters. The van der Waals surface area contributed by atoms with E-state index in [2.05, 4.69) is 0 Å². The molecular formula is C10H12N2O3. The van der Waals surface area contributed by atoms with Gasteiger partial charge >= 0.3 is 5.91 Å². The van der Waals surface area contributed by atoms with Crippen LogP contribution in [0, 0.1) is 0 Å². The number of amides is 1. The number of carbonyl (C=O) groups is 1. The molecule has 0 aliphatic carbocycles. The molecule has 1 amide bonds. The van der Waals surface area contributed by atoms with Gasteiger partial charge in [-0.25, -0.2) is 5.84 Å². The summed E-state index contributed by atoms with van der Waals surface area (Å²) in [5.41, 5.74) is 2.42. The molecule has 0 bridgehead atoms. The number of hydrazine groups is 1. The summed E-state index contributed by atoms with van der Waals surface area (Å²) in [7, 11) is 1.36. The van der Waals surface area contributed by atoms with Crippen LogP contribution in [0.1, 0.15) is 5.56 Å². The van der Waals surface area contributed by atoms with Gasteiger partial charge in [0, 0.05) is 5.56 Å². The van der Waals surface area contributed by atoms with Crippen LogP contribution < -0.4 is 11.3 Å². The molecule has 80 valence electrons. The van der Waals surface area contributed by atoms with E-state index in [9.17, 15) is 9.90 Å². The van der Waals surface area contributed by atoms with Gasteiger partial charge in [0.05, 0.1) is 7.11 Å². The van der Waals surface area contributed by atoms with E-state index in [0.717, 1.165) is 0 Å². The molecule has 0 fully saturated rings. The van der Waals surface area contributed by atoms with Crippen LogP contribution in [-0.4, -0.2) is 18.1 Å². The van der Waals surface area contributed by atoms with Crippen molar-refractivity contribution in [3.05, 3.63) is 41.7 Å². The second-order valence-electron chi connectivity index (χ2n) is 2.72. The van der Waals surface area contributed by atoms with Gasteiger partial charge in [0.25, 0.3) is 0 Å². The van der Waals surface area contributed by atoms with Gasteiger partial charge in [0.1, 0.15) is 0 Å². The van der Waals surface area contributed by atoms with Crippen molar-refractivity contribution in [1.29, 1.82) is 0 Å². The lowest BCUT2D eigenvalue weighted by Crippen LogP contribution is -2.32. The lowest BCUT2D eigenvalue weighted by Gasteiger charge is -2.08. The highest BCUT2D eigenvalue weighted by Gasteiger charge is 2.15. The predicted molar refractivity (Wildman–Crippen MR) is 55.3 cm³/mol. The summed E-state index contributed by atoms with van der Waals surface area (Å²) >= 11 is 0. The number of benzene rings is 1. The first kappa shape index (κ1) is 11.1. The molecule has 0 aliphatic heterocycles. The molecule has 5 heteroatoms. The van der Waals surface area contributed by atoms with Crippen molar-refractivity contribution in [3.8, 4) is 0 Å². The summed E-state index contributed by atoms with van der Waals surface area (Å²) in [6.45, 7) is 0. The summed E-state index contributed by atoms with van der Waals surface area (Å²) < 4.78 is 4.93. The largest absolute Gasteiger partial charge is 0.500 e. The van der Waals surface area contributed by atoms with Gasteiger partial charge in [-0.2, -0.15) is 0 Å². The normalized spacial score (nSPS) is 11.6. The third-order valence-electron chi connectivity index (χ3n) is 1.80. The topological polar surface area (TPSA) is 84.6 Å². The Hall–Kier alpha value is -2.01. The number of rotatable bonds is 3. The molecule has 0 spiro atoms. The predicted octanol–water partition coefficient (Wildman–Crippen LogP) is 0.550. The monoisotopic (exact) mass is 208 g/mol. The average Bonchev–Trinajstić information content (AvgIpc) is 2.30. The van der Waals surface area contributed by atoms with Crippen LogP contribution in [0.5, 0.6) is 0 Å². The Morgan fingerprint density at radius 2 is 2.00 bits per heavy atom. The Morgan fingerprint density at radius 1 is 1.40 bits per heavy atom. The summed E-state index contributed by atoms with van der Waals surface area (Å²) in [6, 6.07) is 8.76. The Balaban J connectivity index is 3.13. The zero-order valence-electron chi connectivity index (χ0n) is 8.23. The van der Waals surface area contributed by atoms with Gasteiger partial charge in [-0.15, -0.1) is 0 Å². The second-order valence-corrected chi connectivity index (χ2v) is 2.72. The zero-order valence-corrected chi connectivity index (χ0v) is 8.23. The summed E-state index contributed by atoms with van der Waals surface area (Å²) in [4.78, 5) is 11.1. The lowest BCUT2D eigenvalue weighted by atomic mass is 10.1. The van der Waals surface area contributed by atoms with E-state index in [4.69, 9.17) is 10.6 Å². The molecule has 5 nitrogen and oxygen atoms in total. The molecule has 0 aliphatic rings. The fraction of sp³-hybridized carbons (Fsp3) is 0.100. The summed E-state index contributed by atoms with van der Waals surface area (Å²) in [5, 5.41) is 9.49. The van der Waals surface area contributed by atoms with E-state index in [0.29, 0.717) is 5.56 Å². The Kier molecular flexibility index (Phi) is 3.70. The minimum atomic E-state index is -0.796. The standard InChI is InChI=1S/C10H12N2O3/c1-15-9(8(13)10(14)12-11)7-5-3-2-4-6-7/h2-6,13H,11H2,1H3,(H,12,14). The van der Waals surface area contributed by atoms with Crippen LogP contribution in [0.4, 0.5) is 0 Å². The molecule has 0 saturated carbocycles. The number of aliphatic hydroxyl groups is 1. The maximum atomic E-state index is 11.1. The van der Waals surface area contributed by atoms with Crippen LogP contribution >= 0.6 is 0 Å². The highest BCUT2D eigenvalue weighted by molar-refractivity contribution is 5.97. The van der Waals surface area contributed by atoms with Crippen molar-refractivity contribution >= 4 is 11.7 Å². The number of methoxy groups -OCH3 is 1. The number of carbonyl (C=O) groups excluding carboxylic acids is 1. The molecule has 0 heterocycles. The van der Waals surface area contributed by atoms with E-state index >= 15 is 0 Å². The molecule has 1 rings (SSSR count). The molecule has 0 radical (unpaired) electrons. The minimum Gasteiger partial charge on any atom is -0.500 e. The van der Waals surface area contributed by atoms with Gasteiger partial charge < -0.3 is 9.84 Å². The zero-order chi connectivity index (χ0) is 11.3. The van der Waals surface area contributed by atoms with Gasteiger partial charge in [-0.05, 0) is 0 Å². The number of hydrogen-bond acceptors (Lipinski definition) is 4. The van der Waals surface area contributed by atoms with Crippen molar-refractivity contribution in [2.75, 3.05) is 7.11 Å². The van der Waals surface area contributed by atoms with E-state index < -0.39 is 11.7 Å². The second kappa shape index (κ2) is 5.02. The van der Waals surface area contributed by atoms with Crippen molar-refractivity contribution < 1.29 is 14.6 Å². The smallest absolute Gasteiger partial charge is 0.303 e. The molecular weight excluding hydrogens is 196 g/mol. The number of hydrogen-bond donors (Lipinski definition) is 3. The van der Waals surface area contributed by atoms with Gasteiger partial charge in [-0.3, -0.25) is 10.2 Å². The highest BCUT2D eigenvalue weighted by Crippen LogP contribution is 2.17. The quantitative estimate of drug-likeness (QED) is 0.223. The third kappa shape index (κ3) is 2.47. The fourth-order valence-corrected chi connectivity index (χ4v) is 1.11. The van der Waals surface area contributed by atoms with Crippen LogP contribution in [0.15, 0.2) is 36.1 Å². The number of nitrogens with two attached hydrogens (primary N) is 1. The van der Waals surface area contributed by atoms with Crippen molar-refractivity contribution in [3.63, 3.8) is 0 Å². The Bertz CT molecular complexity index is 374. The van der Waals surface area contributed by atoms with E-state index in [1.54, 1.807) is 24.3 Å². The Morgan fingerprint density at radius 3 is 2.47 bits per heavy atom. The maximum absolute atomic E-state index is 11.1. The van der Waals surface area contributed by atoms with Crippen molar-refractivity contribution in [2.24, 2.45) is 5.84 Å². The van der Waals surface area contributed by atoms with Crippen LogP contribution in [-0.2, 0) is 9.53 Å². The van der Waals surface area contributed by atoms with Crippen LogP contribution in [0.3, 0.4) is 0 Å². The lowest BCUT2D eigenvalue weighted by molar-refractivity contribution is -0.120. The average molecular weight is 208 g/mol.